The molecule has 1 atom stereocenters. The number of thiophene rings is 2. The number of piperazine rings is 1. The minimum Gasteiger partial charge on any atom is -0.477 e. The van der Waals surface area contributed by atoms with E-state index in [1.165, 1.54) is 16.4 Å². The molecule has 1 saturated heterocycles. The molecule has 0 bridgehead atoms. The molecule has 1 fully saturated rings. The number of fused-ring (bicyclic) bond motifs is 1. The topological polar surface area (TPSA) is 116 Å². The largest absolute Gasteiger partial charge is 0.477 e. The monoisotopic (exact) mass is 481 g/mol. The van der Waals surface area contributed by atoms with Crippen molar-refractivity contribution in [2.75, 3.05) is 38.0 Å². The van der Waals surface area contributed by atoms with Crippen molar-refractivity contribution in [2.45, 2.75) is 24.1 Å². The summed E-state index contributed by atoms with van der Waals surface area (Å²) in [6, 6.07) is 2.83. The molecule has 3 aromatic heterocycles. The molecule has 3 aromatic rings. The van der Waals surface area contributed by atoms with Crippen molar-refractivity contribution in [3.63, 3.8) is 0 Å². The highest BCUT2D eigenvalue weighted by atomic mass is 32.2. The number of aryl methyl sites for hydroxylation is 1. The maximum absolute atomic E-state index is 12.8. The van der Waals surface area contributed by atoms with E-state index in [4.69, 9.17) is 5.11 Å². The Kier molecular flexibility index (Phi) is 6.26. The van der Waals surface area contributed by atoms with Gasteiger partial charge in [0.2, 0.25) is 0 Å². The summed E-state index contributed by atoms with van der Waals surface area (Å²) in [5, 5.41) is 14.6. The summed E-state index contributed by atoms with van der Waals surface area (Å²) in [4.78, 5) is 22.0. The van der Waals surface area contributed by atoms with Crippen LogP contribution >= 0.6 is 22.7 Å². The molecule has 4 heterocycles. The van der Waals surface area contributed by atoms with Gasteiger partial charge >= 0.3 is 5.97 Å². The molecule has 1 aliphatic heterocycles. The fourth-order valence-electron chi connectivity index (χ4n) is 3.59. The number of hydrogen-bond acceptors (Lipinski definition) is 9. The molecule has 0 unspecified atom stereocenters. The summed E-state index contributed by atoms with van der Waals surface area (Å²) in [5.41, 5.74) is 2.10. The third kappa shape index (κ3) is 4.58. The molecule has 2 N–H and O–H groups in total. The molecule has 0 saturated carbocycles. The molecule has 0 aromatic carbocycles. The molecule has 12 heteroatoms. The highest BCUT2D eigenvalue weighted by Gasteiger charge is 2.30. The number of anilines is 1. The van der Waals surface area contributed by atoms with Crippen molar-refractivity contribution in [3.8, 4) is 0 Å². The summed E-state index contributed by atoms with van der Waals surface area (Å²) in [6.45, 7) is 6.83. The van der Waals surface area contributed by atoms with E-state index in [1.54, 1.807) is 17.7 Å². The molecule has 0 radical (unpaired) electrons. The Morgan fingerprint density at radius 1 is 1.26 bits per heavy atom. The number of nitrogens with one attached hydrogen (secondary N) is 1. The molecular weight excluding hydrogens is 458 g/mol. The van der Waals surface area contributed by atoms with E-state index in [1.807, 2.05) is 6.92 Å². The first-order chi connectivity index (χ1) is 14.8. The number of rotatable bonds is 7. The second-order valence-electron chi connectivity index (χ2n) is 7.49. The quantitative estimate of drug-likeness (QED) is 0.529. The van der Waals surface area contributed by atoms with Gasteiger partial charge in [-0.3, -0.25) is 4.90 Å². The van der Waals surface area contributed by atoms with Gasteiger partial charge in [0.1, 0.15) is 21.2 Å². The minimum absolute atomic E-state index is 0.0249. The van der Waals surface area contributed by atoms with Crippen LogP contribution in [-0.4, -0.2) is 77.4 Å². The number of hydrogen-bond donors (Lipinski definition) is 2. The van der Waals surface area contributed by atoms with E-state index in [0.717, 1.165) is 39.5 Å². The number of nitrogens with zero attached hydrogens (tertiary/aromatic N) is 4. The summed E-state index contributed by atoms with van der Waals surface area (Å²) in [5.74, 6) is -0.292. The van der Waals surface area contributed by atoms with Crippen molar-refractivity contribution in [1.82, 2.24) is 19.2 Å². The SMILES string of the molecule is Cc1csc2c(N[C@@H](C)CN3CCN(S(=O)(=O)c4ccc(C(=O)O)s4)CC3)ncnc12. The Hall–Kier alpha value is -2.12. The van der Waals surface area contributed by atoms with Crippen LogP contribution in [0.3, 0.4) is 0 Å². The lowest BCUT2D eigenvalue weighted by molar-refractivity contribution is 0.0702. The molecule has 0 amide bonds. The molecule has 9 nitrogen and oxygen atoms in total. The van der Waals surface area contributed by atoms with Gasteiger partial charge in [0.05, 0.1) is 10.2 Å². The number of aromatic nitrogens is 2. The number of carboxylic acids is 1. The van der Waals surface area contributed by atoms with Crippen molar-refractivity contribution in [1.29, 1.82) is 0 Å². The zero-order chi connectivity index (χ0) is 22.2. The average Bonchev–Trinajstić information content (AvgIpc) is 3.37. The second-order valence-corrected chi connectivity index (χ2v) is 11.6. The van der Waals surface area contributed by atoms with E-state index in [-0.39, 0.29) is 15.1 Å². The lowest BCUT2D eigenvalue weighted by Gasteiger charge is -2.35. The van der Waals surface area contributed by atoms with Crippen LogP contribution < -0.4 is 5.32 Å². The maximum Gasteiger partial charge on any atom is 0.345 e. The van der Waals surface area contributed by atoms with Crippen LogP contribution in [-0.2, 0) is 10.0 Å². The van der Waals surface area contributed by atoms with Gasteiger partial charge in [-0.1, -0.05) is 0 Å². The van der Waals surface area contributed by atoms with Gasteiger partial charge in [0.25, 0.3) is 10.0 Å². The molecule has 1 aliphatic rings. The van der Waals surface area contributed by atoms with Gasteiger partial charge in [-0.25, -0.2) is 23.2 Å². The van der Waals surface area contributed by atoms with Crippen molar-refractivity contribution < 1.29 is 18.3 Å². The van der Waals surface area contributed by atoms with Crippen LogP contribution in [0.5, 0.6) is 0 Å². The predicted octanol–water partition coefficient (Wildman–Crippen LogP) is 2.57. The molecular formula is C19H23N5O4S3. The lowest BCUT2D eigenvalue weighted by Crippen LogP contribution is -2.50. The van der Waals surface area contributed by atoms with Gasteiger partial charge in [-0.2, -0.15) is 4.31 Å². The smallest absolute Gasteiger partial charge is 0.345 e. The van der Waals surface area contributed by atoms with Gasteiger partial charge < -0.3 is 10.4 Å². The van der Waals surface area contributed by atoms with Gasteiger partial charge in [-0.15, -0.1) is 22.7 Å². The Labute approximate surface area is 188 Å². The summed E-state index contributed by atoms with van der Waals surface area (Å²) in [7, 11) is -3.67. The van der Waals surface area contributed by atoms with Gasteiger partial charge in [0, 0.05) is 38.8 Å². The van der Waals surface area contributed by atoms with Gasteiger partial charge in [-0.05, 0) is 36.9 Å². The zero-order valence-electron chi connectivity index (χ0n) is 17.1. The molecule has 31 heavy (non-hydrogen) atoms. The van der Waals surface area contributed by atoms with Crippen molar-refractivity contribution in [2.24, 2.45) is 0 Å². The third-order valence-corrected chi connectivity index (χ3v) is 9.70. The summed E-state index contributed by atoms with van der Waals surface area (Å²) in [6.07, 6.45) is 1.57. The maximum atomic E-state index is 12.8. The Morgan fingerprint density at radius 3 is 2.68 bits per heavy atom. The molecule has 4 rings (SSSR count). The van der Waals surface area contributed by atoms with E-state index in [2.05, 4.69) is 32.5 Å². The highest BCUT2D eigenvalue weighted by Crippen LogP contribution is 2.29. The summed E-state index contributed by atoms with van der Waals surface area (Å²) < 4.78 is 28.2. The van der Waals surface area contributed by atoms with Crippen LogP contribution in [0.4, 0.5) is 5.82 Å². The highest BCUT2D eigenvalue weighted by molar-refractivity contribution is 7.91. The minimum atomic E-state index is -3.67. The fourth-order valence-corrected chi connectivity index (χ4v) is 7.27. The van der Waals surface area contributed by atoms with E-state index in [9.17, 15) is 13.2 Å². The Balaban J connectivity index is 1.34. The van der Waals surface area contributed by atoms with Crippen LogP contribution in [0.2, 0.25) is 0 Å². The van der Waals surface area contributed by atoms with Crippen LogP contribution in [0.1, 0.15) is 22.2 Å². The molecule has 0 aliphatic carbocycles. The zero-order valence-corrected chi connectivity index (χ0v) is 19.6. The summed E-state index contributed by atoms with van der Waals surface area (Å²) >= 11 is 2.42. The first-order valence-electron chi connectivity index (χ1n) is 9.76. The first-order valence-corrected chi connectivity index (χ1v) is 12.9. The predicted molar refractivity (Wildman–Crippen MR) is 122 cm³/mol. The van der Waals surface area contributed by atoms with Crippen LogP contribution in [0.25, 0.3) is 10.2 Å². The van der Waals surface area contributed by atoms with Crippen molar-refractivity contribution >= 4 is 54.7 Å². The van der Waals surface area contributed by atoms with Gasteiger partial charge in [0.15, 0.2) is 0 Å². The number of aromatic carboxylic acids is 1. The van der Waals surface area contributed by atoms with E-state index in [0.29, 0.717) is 26.2 Å². The average molecular weight is 482 g/mol. The number of carbonyl (C=O) groups is 1. The Morgan fingerprint density at radius 2 is 2.00 bits per heavy atom. The van der Waals surface area contributed by atoms with Crippen LogP contribution in [0, 0.1) is 6.92 Å². The normalized spacial score (nSPS) is 17.1. The molecule has 166 valence electrons. The van der Waals surface area contributed by atoms with Crippen molar-refractivity contribution in [3.05, 3.63) is 34.3 Å². The number of sulfonamides is 1. The Bertz CT molecular complexity index is 1200. The van der Waals surface area contributed by atoms with E-state index >= 15 is 0 Å². The van der Waals surface area contributed by atoms with E-state index < -0.39 is 16.0 Å². The molecule has 0 spiro atoms. The van der Waals surface area contributed by atoms with Crippen LogP contribution in [0.15, 0.2) is 28.0 Å². The number of carboxylic acid groups (broad SMARTS) is 1. The lowest BCUT2D eigenvalue weighted by atomic mass is 10.2. The third-order valence-electron chi connectivity index (χ3n) is 5.16. The second kappa shape index (κ2) is 8.79. The first kappa shape index (κ1) is 22.1. The standard InChI is InChI=1S/C19H23N5O4S3/c1-12-10-29-17-16(12)20-11-21-18(17)22-13(2)9-23-5-7-24(8-6-23)31(27,28)15-4-3-14(30-15)19(25)26/h3-4,10-11,13H,5-9H2,1-2H3,(H,25,26)(H,20,21,22)/t13-/m0/s1. The fraction of sp³-hybridized carbons (Fsp3) is 0.421.